The Morgan fingerprint density at radius 2 is 2.12 bits per heavy atom. The van der Waals surface area contributed by atoms with Gasteiger partial charge in [0.05, 0.1) is 12.2 Å². The van der Waals surface area contributed by atoms with Crippen molar-refractivity contribution >= 4 is 5.97 Å². The molecule has 0 amide bonds. The van der Waals surface area contributed by atoms with Crippen LogP contribution >= 0.6 is 0 Å². The van der Waals surface area contributed by atoms with Crippen molar-refractivity contribution in [2.24, 2.45) is 0 Å². The smallest absolute Gasteiger partial charge is 0.858 e. The molecule has 0 aliphatic heterocycles. The number of aromatic nitrogens is 2. The van der Waals surface area contributed by atoms with Gasteiger partial charge in [0.25, 0.3) is 0 Å². The molecule has 1 heterocycles. The van der Waals surface area contributed by atoms with Crippen molar-refractivity contribution in [1.29, 1.82) is 0 Å². The van der Waals surface area contributed by atoms with Crippen LogP contribution in [0, 0.1) is 0 Å². The molecule has 88 valence electrons. The fraction of sp³-hybridized carbons (Fsp3) is 0.375. The van der Waals surface area contributed by atoms with Crippen LogP contribution in [0.2, 0.25) is 0 Å². The number of esters is 1. The first-order valence-corrected chi connectivity index (χ1v) is 4.14. The Kier molecular flexibility index (Phi) is 5.86. The maximum absolute atomic E-state index is 12.1. The third kappa shape index (κ3) is 4.14. The van der Waals surface area contributed by atoms with Gasteiger partial charge in [0.15, 0.2) is 0 Å². The molecule has 17 heavy (non-hydrogen) atoms. The minimum atomic E-state index is -4.81. The summed E-state index contributed by atoms with van der Waals surface area (Å²) in [5.41, 5.74) is -0.616. The van der Waals surface area contributed by atoms with Gasteiger partial charge in [0.1, 0.15) is 0 Å². The molecular formula is C8H6F3N2NaO3. The summed E-state index contributed by atoms with van der Waals surface area (Å²) < 4.78 is 40.6. The van der Waals surface area contributed by atoms with E-state index in [1.54, 1.807) is 0 Å². The van der Waals surface area contributed by atoms with Gasteiger partial charge in [-0.3, -0.25) is 0 Å². The molecule has 0 aliphatic carbocycles. The Morgan fingerprint density at radius 3 is 2.53 bits per heavy atom. The molecule has 0 unspecified atom stereocenters. The standard InChI is InChI=1S/C8H7F3N2O3.Na/c1-2-16-6(15)4-3-12-7(8(9,10)11)13-5(4)14;/h3H,2H2,1H3,(H,12,13,14);/q;+1/p-1. The molecule has 1 rings (SSSR count). The molecule has 0 fully saturated rings. The van der Waals surface area contributed by atoms with Crippen molar-refractivity contribution in [3.63, 3.8) is 0 Å². The number of alkyl halides is 3. The van der Waals surface area contributed by atoms with Gasteiger partial charge in [-0.2, -0.15) is 13.2 Å². The first kappa shape index (κ1) is 16.1. The molecule has 0 N–H and O–H groups in total. The summed E-state index contributed by atoms with van der Waals surface area (Å²) in [6.07, 6.45) is -4.30. The molecule has 5 nitrogen and oxygen atoms in total. The number of rotatable bonds is 2. The summed E-state index contributed by atoms with van der Waals surface area (Å²) in [5.74, 6) is -3.92. The van der Waals surface area contributed by atoms with Crippen LogP contribution in [0.25, 0.3) is 0 Å². The van der Waals surface area contributed by atoms with Gasteiger partial charge < -0.3 is 9.84 Å². The quantitative estimate of drug-likeness (QED) is 0.442. The summed E-state index contributed by atoms with van der Waals surface area (Å²) in [7, 11) is 0. The minimum absolute atomic E-state index is 0. The zero-order valence-electron chi connectivity index (χ0n) is 9.04. The topological polar surface area (TPSA) is 75.1 Å². The molecule has 0 saturated heterocycles. The maximum atomic E-state index is 12.1. The van der Waals surface area contributed by atoms with Gasteiger partial charge >= 0.3 is 41.7 Å². The summed E-state index contributed by atoms with van der Waals surface area (Å²) in [6, 6.07) is 0. The molecule has 1 aromatic rings. The van der Waals surface area contributed by atoms with Crippen LogP contribution in [-0.4, -0.2) is 22.5 Å². The number of nitrogens with zero attached hydrogens (tertiary/aromatic N) is 2. The van der Waals surface area contributed by atoms with E-state index in [9.17, 15) is 23.1 Å². The summed E-state index contributed by atoms with van der Waals surface area (Å²) >= 11 is 0. The molecular weight excluding hydrogens is 252 g/mol. The summed E-state index contributed by atoms with van der Waals surface area (Å²) in [5, 5.41) is 11.1. The Hall–Kier alpha value is -0.860. The van der Waals surface area contributed by atoms with E-state index in [-0.39, 0.29) is 36.2 Å². The SMILES string of the molecule is CCOC(=O)c1cnc(C(F)(F)F)nc1[O-].[Na+]. The molecule has 9 heteroatoms. The van der Waals surface area contributed by atoms with Gasteiger partial charge in [-0.15, -0.1) is 0 Å². The second-order valence-corrected chi connectivity index (χ2v) is 2.63. The van der Waals surface area contributed by atoms with Crippen molar-refractivity contribution in [1.82, 2.24) is 9.97 Å². The van der Waals surface area contributed by atoms with E-state index in [4.69, 9.17) is 0 Å². The van der Waals surface area contributed by atoms with Crippen LogP contribution < -0.4 is 34.7 Å². The van der Waals surface area contributed by atoms with E-state index in [0.29, 0.717) is 6.20 Å². The van der Waals surface area contributed by atoms with Crippen LogP contribution in [0.5, 0.6) is 5.88 Å². The van der Waals surface area contributed by atoms with E-state index in [1.165, 1.54) is 6.92 Å². The van der Waals surface area contributed by atoms with Gasteiger partial charge in [0, 0.05) is 12.1 Å². The minimum Gasteiger partial charge on any atom is -0.858 e. The fourth-order valence-electron chi connectivity index (χ4n) is 0.852. The predicted molar refractivity (Wildman–Crippen MR) is 42.4 cm³/mol. The van der Waals surface area contributed by atoms with Crippen molar-refractivity contribution in [2.45, 2.75) is 13.1 Å². The van der Waals surface area contributed by atoms with Gasteiger partial charge in [-0.1, -0.05) is 0 Å². The van der Waals surface area contributed by atoms with Crippen molar-refractivity contribution < 1.29 is 57.4 Å². The number of ether oxygens (including phenoxy) is 1. The average molecular weight is 258 g/mol. The van der Waals surface area contributed by atoms with E-state index in [1.807, 2.05) is 0 Å². The van der Waals surface area contributed by atoms with E-state index in [0.717, 1.165) is 0 Å². The predicted octanol–water partition coefficient (Wildman–Crippen LogP) is -2.25. The van der Waals surface area contributed by atoms with Crippen LogP contribution in [-0.2, 0) is 10.9 Å². The third-order valence-corrected chi connectivity index (χ3v) is 1.50. The zero-order valence-corrected chi connectivity index (χ0v) is 11.0. The van der Waals surface area contributed by atoms with Crippen LogP contribution in [0.4, 0.5) is 13.2 Å². The van der Waals surface area contributed by atoms with Gasteiger partial charge in [0.2, 0.25) is 5.82 Å². The van der Waals surface area contributed by atoms with Crippen molar-refractivity contribution in [2.75, 3.05) is 6.61 Å². The first-order chi connectivity index (χ1) is 7.36. The Labute approximate surface area is 116 Å². The number of halogens is 3. The molecule has 0 bridgehead atoms. The molecule has 0 saturated carbocycles. The number of carbonyl (C=O) groups is 1. The third-order valence-electron chi connectivity index (χ3n) is 1.50. The monoisotopic (exact) mass is 258 g/mol. The van der Waals surface area contributed by atoms with Gasteiger partial charge in [-0.25, -0.2) is 14.8 Å². The maximum Gasteiger partial charge on any atom is 1.00 e. The Bertz CT molecular complexity index is 411. The Balaban J connectivity index is 0.00000256. The molecule has 0 radical (unpaired) electrons. The summed E-state index contributed by atoms with van der Waals surface area (Å²) in [6.45, 7) is 1.49. The number of hydrogen-bond donors (Lipinski definition) is 0. The fourth-order valence-corrected chi connectivity index (χ4v) is 0.852. The van der Waals surface area contributed by atoms with E-state index >= 15 is 0 Å². The van der Waals surface area contributed by atoms with Gasteiger partial charge in [-0.05, 0) is 6.92 Å². The average Bonchev–Trinajstić information content (AvgIpc) is 2.16. The van der Waals surface area contributed by atoms with E-state index in [2.05, 4.69) is 14.7 Å². The van der Waals surface area contributed by atoms with Crippen molar-refractivity contribution in [3.8, 4) is 5.88 Å². The molecule has 0 aromatic carbocycles. The molecule has 0 spiro atoms. The van der Waals surface area contributed by atoms with Crippen LogP contribution in [0.15, 0.2) is 6.20 Å². The van der Waals surface area contributed by atoms with Crippen LogP contribution in [0.3, 0.4) is 0 Å². The second-order valence-electron chi connectivity index (χ2n) is 2.63. The number of carbonyl (C=O) groups excluding carboxylic acids is 1. The van der Waals surface area contributed by atoms with Crippen LogP contribution in [0.1, 0.15) is 23.1 Å². The largest absolute Gasteiger partial charge is 1.00 e. The summed E-state index contributed by atoms with van der Waals surface area (Å²) in [4.78, 5) is 16.6. The van der Waals surface area contributed by atoms with Crippen molar-refractivity contribution in [3.05, 3.63) is 17.6 Å². The molecule has 1 aromatic heterocycles. The Morgan fingerprint density at radius 1 is 1.53 bits per heavy atom. The first-order valence-electron chi connectivity index (χ1n) is 4.14. The van der Waals surface area contributed by atoms with E-state index < -0.39 is 29.4 Å². The normalized spacial score (nSPS) is 10.6. The number of hydrogen-bond acceptors (Lipinski definition) is 5. The second kappa shape index (κ2) is 6.18. The molecule has 0 atom stereocenters. The molecule has 0 aliphatic rings. The zero-order chi connectivity index (χ0) is 12.3.